The number of rotatable bonds is 4. The second-order valence-corrected chi connectivity index (χ2v) is 4.60. The summed E-state index contributed by atoms with van der Waals surface area (Å²) in [4.78, 5) is 0.168. The maximum atomic E-state index is 11.5. The third kappa shape index (κ3) is 4.67. The van der Waals surface area contributed by atoms with Crippen LogP contribution in [0.25, 0.3) is 0 Å². The van der Waals surface area contributed by atoms with Gasteiger partial charge >= 0.3 is 18.9 Å². The molecular weight excluding hydrogens is 207 g/mol. The molecule has 0 unspecified atom stereocenters. The monoisotopic (exact) mass is 220 g/mol. The SMILES string of the molecule is C=C(C)COS(=O)(=O)c1ccccc1.[H-].[Li+]. The van der Waals surface area contributed by atoms with Crippen LogP contribution in [0.3, 0.4) is 0 Å². The van der Waals surface area contributed by atoms with E-state index in [1.165, 1.54) is 12.1 Å². The van der Waals surface area contributed by atoms with Gasteiger partial charge in [-0.2, -0.15) is 8.42 Å². The molecular formula is C10H13LiO3S. The van der Waals surface area contributed by atoms with Gasteiger partial charge in [-0.15, -0.1) is 0 Å². The fourth-order valence-electron chi connectivity index (χ4n) is 0.833. The Bertz CT molecular complexity index is 417. The molecule has 3 nitrogen and oxygen atoms in total. The molecule has 15 heavy (non-hydrogen) atoms. The van der Waals surface area contributed by atoms with E-state index in [1.807, 2.05) is 0 Å². The molecule has 0 spiro atoms. The summed E-state index contributed by atoms with van der Waals surface area (Å²) in [6, 6.07) is 8.04. The van der Waals surface area contributed by atoms with Crippen molar-refractivity contribution in [1.82, 2.24) is 0 Å². The molecule has 0 atom stereocenters. The average molecular weight is 220 g/mol. The van der Waals surface area contributed by atoms with E-state index in [1.54, 1.807) is 25.1 Å². The van der Waals surface area contributed by atoms with Crippen LogP contribution in [0.1, 0.15) is 8.35 Å². The zero-order chi connectivity index (χ0) is 10.6. The van der Waals surface area contributed by atoms with E-state index >= 15 is 0 Å². The number of hydrogen-bond donors (Lipinski definition) is 0. The fraction of sp³-hybridized carbons (Fsp3) is 0.200. The number of benzene rings is 1. The van der Waals surface area contributed by atoms with Gasteiger partial charge in [0, 0.05) is 0 Å². The third-order valence-electron chi connectivity index (χ3n) is 1.49. The quantitative estimate of drug-likeness (QED) is 0.374. The van der Waals surface area contributed by atoms with Crippen LogP contribution in [0.15, 0.2) is 47.4 Å². The Kier molecular flexibility index (Phi) is 5.92. The largest absolute Gasteiger partial charge is 1.00 e. The topological polar surface area (TPSA) is 43.4 Å². The predicted octanol–water partition coefficient (Wildman–Crippen LogP) is -0.915. The van der Waals surface area contributed by atoms with E-state index < -0.39 is 10.1 Å². The molecule has 0 aliphatic rings. The van der Waals surface area contributed by atoms with Crippen molar-refractivity contribution >= 4 is 10.1 Å². The maximum Gasteiger partial charge on any atom is 1.00 e. The molecule has 0 saturated heterocycles. The molecule has 0 aliphatic heterocycles. The fourth-order valence-corrected chi connectivity index (χ4v) is 1.82. The standard InChI is InChI=1S/C10H12O3S.Li.H/c1-9(2)8-13-14(11,12)10-6-4-3-5-7-10;;/h3-7H,1,8H2,2H3;;/q;+1;-1. The van der Waals surface area contributed by atoms with Gasteiger partial charge in [-0.25, -0.2) is 0 Å². The van der Waals surface area contributed by atoms with Crippen molar-refractivity contribution < 1.29 is 32.9 Å². The van der Waals surface area contributed by atoms with Crippen LogP contribution in [-0.4, -0.2) is 15.0 Å². The number of hydrogen-bond acceptors (Lipinski definition) is 3. The Morgan fingerprint density at radius 3 is 2.40 bits per heavy atom. The molecule has 0 radical (unpaired) electrons. The average Bonchev–Trinajstić information content (AvgIpc) is 2.16. The predicted molar refractivity (Wildman–Crippen MR) is 55.5 cm³/mol. The van der Waals surface area contributed by atoms with Gasteiger partial charge in [-0.1, -0.05) is 30.4 Å². The van der Waals surface area contributed by atoms with Crippen LogP contribution in [0.5, 0.6) is 0 Å². The normalized spacial score (nSPS) is 10.5. The zero-order valence-corrected chi connectivity index (χ0v) is 9.75. The second-order valence-electron chi connectivity index (χ2n) is 2.99. The summed E-state index contributed by atoms with van der Waals surface area (Å²) in [6.45, 7) is 5.30. The summed E-state index contributed by atoms with van der Waals surface area (Å²) in [7, 11) is -3.62. The van der Waals surface area contributed by atoms with Gasteiger partial charge in [0.1, 0.15) is 0 Å². The molecule has 1 aromatic carbocycles. The molecule has 5 heteroatoms. The van der Waals surface area contributed by atoms with Gasteiger partial charge in [0.05, 0.1) is 11.5 Å². The summed E-state index contributed by atoms with van der Waals surface area (Å²) in [5.41, 5.74) is 0.671. The van der Waals surface area contributed by atoms with Crippen LogP contribution < -0.4 is 18.9 Å². The molecule has 0 fully saturated rings. The van der Waals surface area contributed by atoms with E-state index in [2.05, 4.69) is 6.58 Å². The molecule has 0 amide bonds. The first-order chi connectivity index (χ1) is 6.52. The van der Waals surface area contributed by atoms with Crippen LogP contribution in [0.2, 0.25) is 0 Å². The van der Waals surface area contributed by atoms with Gasteiger partial charge < -0.3 is 1.43 Å². The summed E-state index contributed by atoms with van der Waals surface area (Å²) in [5, 5.41) is 0. The Hall–Kier alpha value is -0.533. The smallest absolute Gasteiger partial charge is 1.00 e. The molecule has 0 aliphatic carbocycles. The van der Waals surface area contributed by atoms with Crippen molar-refractivity contribution in [2.45, 2.75) is 11.8 Å². The Labute approximate surface area is 104 Å². The van der Waals surface area contributed by atoms with Crippen molar-refractivity contribution in [1.29, 1.82) is 0 Å². The molecule has 78 valence electrons. The van der Waals surface area contributed by atoms with Crippen LogP contribution >= 0.6 is 0 Å². The van der Waals surface area contributed by atoms with Crippen LogP contribution in [0, 0.1) is 0 Å². The third-order valence-corrected chi connectivity index (χ3v) is 2.77. The Morgan fingerprint density at radius 1 is 1.40 bits per heavy atom. The van der Waals surface area contributed by atoms with E-state index in [9.17, 15) is 8.42 Å². The van der Waals surface area contributed by atoms with E-state index in [-0.39, 0.29) is 31.8 Å². The van der Waals surface area contributed by atoms with Crippen LogP contribution in [0.4, 0.5) is 0 Å². The first-order valence-electron chi connectivity index (χ1n) is 4.11. The first-order valence-corrected chi connectivity index (χ1v) is 5.52. The van der Waals surface area contributed by atoms with Crippen LogP contribution in [-0.2, 0) is 14.3 Å². The van der Waals surface area contributed by atoms with Crippen molar-refractivity contribution in [3.63, 3.8) is 0 Å². The zero-order valence-electron chi connectivity index (χ0n) is 9.93. The molecule has 0 bridgehead atoms. The minimum Gasteiger partial charge on any atom is -1.00 e. The Morgan fingerprint density at radius 2 is 1.93 bits per heavy atom. The Balaban J connectivity index is 0. The van der Waals surface area contributed by atoms with Crippen molar-refractivity contribution in [2.75, 3.05) is 6.61 Å². The summed E-state index contributed by atoms with van der Waals surface area (Å²) < 4.78 is 27.7. The molecule has 1 rings (SSSR count). The van der Waals surface area contributed by atoms with E-state index in [0.717, 1.165) is 0 Å². The first kappa shape index (κ1) is 14.5. The molecule has 0 heterocycles. The minimum absolute atomic E-state index is 0. The second kappa shape index (κ2) is 6.14. The van der Waals surface area contributed by atoms with Gasteiger partial charge in [-0.3, -0.25) is 4.18 Å². The van der Waals surface area contributed by atoms with Gasteiger partial charge in [0.25, 0.3) is 10.1 Å². The maximum absolute atomic E-state index is 11.5. The summed E-state index contributed by atoms with van der Waals surface area (Å²) in [6.07, 6.45) is 0. The van der Waals surface area contributed by atoms with Gasteiger partial charge in [0.15, 0.2) is 0 Å². The minimum atomic E-state index is -3.62. The summed E-state index contributed by atoms with van der Waals surface area (Å²) >= 11 is 0. The van der Waals surface area contributed by atoms with Crippen molar-refractivity contribution in [2.24, 2.45) is 0 Å². The molecule has 0 saturated carbocycles. The molecule has 0 N–H and O–H groups in total. The van der Waals surface area contributed by atoms with Crippen molar-refractivity contribution in [3.05, 3.63) is 42.5 Å². The van der Waals surface area contributed by atoms with E-state index in [0.29, 0.717) is 5.57 Å². The van der Waals surface area contributed by atoms with E-state index in [4.69, 9.17) is 4.18 Å². The van der Waals surface area contributed by atoms with Gasteiger partial charge in [0.2, 0.25) is 0 Å². The molecule has 0 aromatic heterocycles. The molecule has 1 aromatic rings. The van der Waals surface area contributed by atoms with Gasteiger partial charge in [-0.05, 0) is 19.1 Å². The summed E-state index contributed by atoms with van der Waals surface area (Å²) in [5.74, 6) is 0. The van der Waals surface area contributed by atoms with Crippen molar-refractivity contribution in [3.8, 4) is 0 Å².